The van der Waals surface area contributed by atoms with Crippen LogP contribution in [0.5, 0.6) is 0 Å². The molecule has 154 valence electrons. The summed E-state index contributed by atoms with van der Waals surface area (Å²) in [6.07, 6.45) is 0. The SMILES string of the molecule is CC(C)N(C)S(=O)(=O)NC(=S)N1CC(c2ccccc2)C(c2ccc(Cl)cc2)=N1. The molecule has 1 aliphatic heterocycles. The summed E-state index contributed by atoms with van der Waals surface area (Å²) in [5.74, 6) is -0.0531. The fourth-order valence-electron chi connectivity index (χ4n) is 2.97. The first kappa shape index (κ1) is 21.7. The fraction of sp³-hybridized carbons (Fsp3) is 0.300. The van der Waals surface area contributed by atoms with Crippen molar-refractivity contribution in [3.05, 3.63) is 70.7 Å². The molecule has 0 saturated carbocycles. The van der Waals surface area contributed by atoms with Gasteiger partial charge in [-0.2, -0.15) is 17.8 Å². The number of hydrogen-bond acceptors (Lipinski definition) is 4. The summed E-state index contributed by atoms with van der Waals surface area (Å²) in [5, 5.41) is 6.87. The van der Waals surface area contributed by atoms with E-state index >= 15 is 0 Å². The molecule has 0 radical (unpaired) electrons. The molecule has 1 N–H and O–H groups in total. The second kappa shape index (κ2) is 8.79. The summed E-state index contributed by atoms with van der Waals surface area (Å²) in [5.41, 5.74) is 2.80. The van der Waals surface area contributed by atoms with Crippen molar-refractivity contribution in [2.75, 3.05) is 13.6 Å². The van der Waals surface area contributed by atoms with Crippen LogP contribution in [0.25, 0.3) is 0 Å². The van der Waals surface area contributed by atoms with Gasteiger partial charge in [-0.1, -0.05) is 54.1 Å². The minimum Gasteiger partial charge on any atom is -0.245 e. The van der Waals surface area contributed by atoms with Crippen LogP contribution in [-0.4, -0.2) is 48.2 Å². The van der Waals surface area contributed by atoms with Crippen LogP contribution in [0.15, 0.2) is 59.7 Å². The van der Waals surface area contributed by atoms with E-state index in [1.165, 1.54) is 16.4 Å². The average molecular weight is 451 g/mol. The van der Waals surface area contributed by atoms with Crippen molar-refractivity contribution in [1.29, 1.82) is 0 Å². The lowest BCUT2D eigenvalue weighted by molar-refractivity contribution is 0.404. The van der Waals surface area contributed by atoms with Gasteiger partial charge in [0, 0.05) is 24.0 Å². The van der Waals surface area contributed by atoms with Gasteiger partial charge >= 0.3 is 10.2 Å². The van der Waals surface area contributed by atoms with E-state index in [2.05, 4.69) is 9.82 Å². The van der Waals surface area contributed by atoms with Gasteiger partial charge in [-0.3, -0.25) is 0 Å². The zero-order valence-corrected chi connectivity index (χ0v) is 18.8. The van der Waals surface area contributed by atoms with Crippen LogP contribution < -0.4 is 4.72 Å². The summed E-state index contributed by atoms with van der Waals surface area (Å²) in [6, 6.07) is 17.2. The zero-order valence-electron chi connectivity index (χ0n) is 16.4. The highest BCUT2D eigenvalue weighted by atomic mass is 35.5. The summed E-state index contributed by atoms with van der Waals surface area (Å²) in [6.45, 7) is 4.02. The maximum atomic E-state index is 12.5. The molecule has 1 aliphatic rings. The molecule has 0 amide bonds. The Hall–Kier alpha value is -2.00. The van der Waals surface area contributed by atoms with E-state index in [4.69, 9.17) is 23.8 Å². The minimum absolute atomic E-state index is 0.0439. The van der Waals surface area contributed by atoms with Gasteiger partial charge in [-0.05, 0) is 49.3 Å². The second-order valence-electron chi connectivity index (χ2n) is 7.06. The first-order chi connectivity index (χ1) is 13.7. The molecule has 9 heteroatoms. The average Bonchev–Trinajstić information content (AvgIpc) is 3.14. The molecule has 0 aliphatic carbocycles. The molecule has 6 nitrogen and oxygen atoms in total. The number of benzene rings is 2. The number of nitrogens with zero attached hydrogens (tertiary/aromatic N) is 3. The van der Waals surface area contributed by atoms with Crippen LogP contribution in [0.1, 0.15) is 30.9 Å². The van der Waals surface area contributed by atoms with E-state index < -0.39 is 10.2 Å². The Bertz CT molecular complexity index is 1010. The molecule has 2 aromatic carbocycles. The van der Waals surface area contributed by atoms with Crippen molar-refractivity contribution in [3.63, 3.8) is 0 Å². The summed E-state index contributed by atoms with van der Waals surface area (Å²) in [7, 11) is -2.24. The van der Waals surface area contributed by atoms with E-state index in [9.17, 15) is 8.42 Å². The van der Waals surface area contributed by atoms with E-state index in [0.717, 1.165) is 16.8 Å². The molecule has 1 heterocycles. The number of hydrazone groups is 1. The predicted octanol–water partition coefficient (Wildman–Crippen LogP) is 3.60. The van der Waals surface area contributed by atoms with Gasteiger partial charge in [-0.15, -0.1) is 0 Å². The van der Waals surface area contributed by atoms with E-state index in [1.54, 1.807) is 13.8 Å². The van der Waals surface area contributed by atoms with Gasteiger partial charge in [0.2, 0.25) is 5.11 Å². The third-order valence-corrected chi connectivity index (χ3v) is 7.14. The molecule has 0 spiro atoms. The van der Waals surface area contributed by atoms with E-state index in [0.29, 0.717) is 11.6 Å². The summed E-state index contributed by atoms with van der Waals surface area (Å²) in [4.78, 5) is 0. The van der Waals surface area contributed by atoms with E-state index in [1.807, 2.05) is 54.6 Å². The lowest BCUT2D eigenvalue weighted by Gasteiger charge is -2.24. The Balaban J connectivity index is 1.90. The Labute approximate surface area is 182 Å². The molecule has 0 saturated heterocycles. The second-order valence-corrected chi connectivity index (χ2v) is 9.61. The standard InChI is InChI=1S/C20H23ClN4O2S2/c1-14(2)24(3)29(26,27)23-20(28)25-13-18(15-7-5-4-6-8-15)19(22-25)16-9-11-17(21)12-10-16/h4-12,14,18H,13H2,1-3H3,(H,23,28). The predicted molar refractivity (Wildman–Crippen MR) is 121 cm³/mol. The number of rotatable bonds is 5. The molecule has 29 heavy (non-hydrogen) atoms. The van der Waals surface area contributed by atoms with Crippen molar-refractivity contribution >= 4 is 44.9 Å². The minimum atomic E-state index is -3.75. The molecular weight excluding hydrogens is 428 g/mol. The van der Waals surface area contributed by atoms with Gasteiger partial charge in [0.25, 0.3) is 0 Å². The molecule has 0 fully saturated rings. The van der Waals surface area contributed by atoms with Gasteiger partial charge in [0.15, 0.2) is 0 Å². The normalized spacial score (nSPS) is 17.0. The van der Waals surface area contributed by atoms with Gasteiger partial charge in [-0.25, -0.2) is 9.73 Å². The van der Waals surface area contributed by atoms with Crippen molar-refractivity contribution < 1.29 is 8.42 Å². The Morgan fingerprint density at radius 2 is 1.83 bits per heavy atom. The molecular formula is C20H23ClN4O2S2. The number of halogens is 1. The van der Waals surface area contributed by atoms with Crippen molar-refractivity contribution in [2.24, 2.45) is 5.10 Å². The molecule has 1 unspecified atom stereocenters. The molecule has 3 rings (SSSR count). The summed E-state index contributed by atoms with van der Waals surface area (Å²) < 4.78 is 28.7. The van der Waals surface area contributed by atoms with Crippen molar-refractivity contribution in [1.82, 2.24) is 14.0 Å². The first-order valence-electron chi connectivity index (χ1n) is 9.15. The third-order valence-electron chi connectivity index (χ3n) is 4.81. The first-order valence-corrected chi connectivity index (χ1v) is 11.4. The number of nitrogens with one attached hydrogen (secondary N) is 1. The van der Waals surface area contributed by atoms with Crippen LogP contribution in [0, 0.1) is 0 Å². The smallest absolute Gasteiger partial charge is 0.245 e. The summed E-state index contributed by atoms with van der Waals surface area (Å²) >= 11 is 11.4. The van der Waals surface area contributed by atoms with Crippen LogP contribution in [-0.2, 0) is 10.2 Å². The lowest BCUT2D eigenvalue weighted by Crippen LogP contribution is -2.47. The zero-order chi connectivity index (χ0) is 21.2. The quantitative estimate of drug-likeness (QED) is 0.707. The maximum Gasteiger partial charge on any atom is 0.303 e. The largest absolute Gasteiger partial charge is 0.303 e. The van der Waals surface area contributed by atoms with E-state index in [-0.39, 0.29) is 17.1 Å². The van der Waals surface area contributed by atoms with Gasteiger partial charge < -0.3 is 0 Å². The highest BCUT2D eigenvalue weighted by Gasteiger charge is 2.33. The highest BCUT2D eigenvalue weighted by molar-refractivity contribution is 7.89. The lowest BCUT2D eigenvalue weighted by atomic mass is 9.91. The van der Waals surface area contributed by atoms with Gasteiger partial charge in [0.1, 0.15) is 0 Å². The Morgan fingerprint density at radius 3 is 2.41 bits per heavy atom. The molecule has 2 aromatic rings. The topological polar surface area (TPSA) is 65.0 Å². The van der Waals surface area contributed by atoms with Crippen LogP contribution >= 0.6 is 23.8 Å². The third kappa shape index (κ3) is 4.95. The number of hydrogen-bond donors (Lipinski definition) is 1. The number of thiocarbonyl (C=S) groups is 1. The monoisotopic (exact) mass is 450 g/mol. The van der Waals surface area contributed by atoms with Crippen molar-refractivity contribution in [3.8, 4) is 0 Å². The van der Waals surface area contributed by atoms with Crippen LogP contribution in [0.2, 0.25) is 5.02 Å². The van der Waals surface area contributed by atoms with Crippen LogP contribution in [0.3, 0.4) is 0 Å². The maximum absolute atomic E-state index is 12.5. The van der Waals surface area contributed by atoms with Gasteiger partial charge in [0.05, 0.1) is 12.3 Å². The highest BCUT2D eigenvalue weighted by Crippen LogP contribution is 2.29. The fourth-order valence-corrected chi connectivity index (χ4v) is 4.55. The Morgan fingerprint density at radius 1 is 1.21 bits per heavy atom. The van der Waals surface area contributed by atoms with Crippen molar-refractivity contribution in [2.45, 2.75) is 25.8 Å². The molecule has 0 aromatic heterocycles. The Kier molecular flexibility index (Phi) is 6.58. The molecule has 1 atom stereocenters. The van der Waals surface area contributed by atoms with Crippen LogP contribution in [0.4, 0.5) is 0 Å². The molecule has 0 bridgehead atoms.